The van der Waals surface area contributed by atoms with Gasteiger partial charge in [0.15, 0.2) is 0 Å². The molecule has 1 fully saturated rings. The Hall–Kier alpha value is -2.60. The standard InChI is InChI=1S/C22H30N4O2/c1-5-6-20-13-19(8-7-16(20)2)15-24-11-12-25(17(3)14-24)22(28)26-10-9-21(23-26)18(4)27/h7-10,13,17,27H,4-6,11-12,14-15H2,1-3H3. The second-order valence-corrected chi connectivity index (χ2v) is 7.66. The molecule has 1 atom stereocenters. The average Bonchev–Trinajstić information content (AvgIpc) is 3.15. The number of piperazine rings is 1. The summed E-state index contributed by atoms with van der Waals surface area (Å²) < 4.78 is 1.28. The third kappa shape index (κ3) is 4.44. The van der Waals surface area contributed by atoms with Crippen LogP contribution in [0.25, 0.3) is 5.76 Å². The van der Waals surface area contributed by atoms with Gasteiger partial charge in [-0.25, -0.2) is 4.79 Å². The minimum absolute atomic E-state index is 0.0896. The molecular weight excluding hydrogens is 352 g/mol. The lowest BCUT2D eigenvalue weighted by atomic mass is 10.0. The molecule has 1 N–H and O–H groups in total. The molecule has 0 bridgehead atoms. The summed E-state index contributed by atoms with van der Waals surface area (Å²) in [4.78, 5) is 17.0. The van der Waals surface area contributed by atoms with Crippen LogP contribution in [0.3, 0.4) is 0 Å². The van der Waals surface area contributed by atoms with Gasteiger partial charge in [-0.05, 0) is 43.0 Å². The Labute approximate surface area is 167 Å². The monoisotopic (exact) mass is 382 g/mol. The summed E-state index contributed by atoms with van der Waals surface area (Å²) in [6.07, 6.45) is 3.84. The zero-order chi connectivity index (χ0) is 20.3. The van der Waals surface area contributed by atoms with E-state index in [0.717, 1.165) is 32.5 Å². The first-order valence-corrected chi connectivity index (χ1v) is 9.94. The van der Waals surface area contributed by atoms with Crippen molar-refractivity contribution in [2.24, 2.45) is 0 Å². The topological polar surface area (TPSA) is 61.6 Å². The number of rotatable bonds is 5. The van der Waals surface area contributed by atoms with E-state index in [-0.39, 0.29) is 17.8 Å². The van der Waals surface area contributed by atoms with Gasteiger partial charge in [0.1, 0.15) is 11.5 Å². The lowest BCUT2D eigenvalue weighted by molar-refractivity contribution is 0.0968. The summed E-state index contributed by atoms with van der Waals surface area (Å²) in [5.74, 6) is -0.134. The Morgan fingerprint density at radius 3 is 2.75 bits per heavy atom. The molecule has 0 spiro atoms. The molecule has 0 radical (unpaired) electrons. The molecule has 1 aliphatic rings. The lowest BCUT2D eigenvalue weighted by Crippen LogP contribution is -2.54. The fourth-order valence-corrected chi connectivity index (χ4v) is 3.80. The summed E-state index contributed by atoms with van der Waals surface area (Å²) in [6, 6.07) is 8.27. The van der Waals surface area contributed by atoms with Crippen molar-refractivity contribution in [3.8, 4) is 0 Å². The summed E-state index contributed by atoms with van der Waals surface area (Å²) in [6.45, 7) is 13.1. The minimum Gasteiger partial charge on any atom is -0.506 e. The van der Waals surface area contributed by atoms with Gasteiger partial charge in [0.25, 0.3) is 0 Å². The third-order valence-corrected chi connectivity index (χ3v) is 5.38. The molecule has 2 heterocycles. The van der Waals surface area contributed by atoms with E-state index in [4.69, 9.17) is 0 Å². The molecule has 3 rings (SSSR count). The number of aryl methyl sites for hydroxylation is 2. The van der Waals surface area contributed by atoms with Crippen molar-refractivity contribution in [3.05, 3.63) is 59.4 Å². The van der Waals surface area contributed by atoms with Crippen LogP contribution in [-0.4, -0.2) is 56.4 Å². The van der Waals surface area contributed by atoms with E-state index in [2.05, 4.69) is 55.5 Å². The molecule has 28 heavy (non-hydrogen) atoms. The van der Waals surface area contributed by atoms with Gasteiger partial charge in [0.05, 0.1) is 0 Å². The van der Waals surface area contributed by atoms with Crippen molar-refractivity contribution in [1.82, 2.24) is 19.6 Å². The third-order valence-electron chi connectivity index (χ3n) is 5.38. The average molecular weight is 383 g/mol. The Morgan fingerprint density at radius 1 is 1.32 bits per heavy atom. The number of benzene rings is 1. The van der Waals surface area contributed by atoms with Gasteiger partial charge in [0.2, 0.25) is 0 Å². The maximum absolute atomic E-state index is 12.8. The summed E-state index contributed by atoms with van der Waals surface area (Å²) in [5.41, 5.74) is 4.45. The molecule has 6 nitrogen and oxygen atoms in total. The predicted molar refractivity (Wildman–Crippen MR) is 111 cm³/mol. The predicted octanol–water partition coefficient (Wildman–Crippen LogP) is 3.85. The summed E-state index contributed by atoms with van der Waals surface area (Å²) in [7, 11) is 0. The first-order valence-electron chi connectivity index (χ1n) is 9.94. The fraction of sp³-hybridized carbons (Fsp3) is 0.455. The van der Waals surface area contributed by atoms with Crippen LogP contribution in [0.4, 0.5) is 4.79 Å². The number of hydrogen-bond acceptors (Lipinski definition) is 4. The van der Waals surface area contributed by atoms with Gasteiger partial charge in [-0.3, -0.25) is 4.90 Å². The molecule has 6 heteroatoms. The highest BCUT2D eigenvalue weighted by Gasteiger charge is 2.28. The number of carbonyl (C=O) groups is 1. The molecule has 150 valence electrons. The summed E-state index contributed by atoms with van der Waals surface area (Å²) >= 11 is 0. The highest BCUT2D eigenvalue weighted by Crippen LogP contribution is 2.18. The van der Waals surface area contributed by atoms with Gasteiger partial charge >= 0.3 is 6.03 Å². The van der Waals surface area contributed by atoms with Crippen molar-refractivity contribution in [2.45, 2.75) is 46.2 Å². The molecular formula is C22H30N4O2. The maximum atomic E-state index is 12.8. The Balaban J connectivity index is 1.62. The Kier molecular flexibility index (Phi) is 6.19. The zero-order valence-corrected chi connectivity index (χ0v) is 17.1. The molecule has 1 aliphatic heterocycles. The largest absolute Gasteiger partial charge is 0.506 e. The van der Waals surface area contributed by atoms with Gasteiger partial charge in [-0.2, -0.15) is 9.78 Å². The van der Waals surface area contributed by atoms with Gasteiger partial charge < -0.3 is 10.0 Å². The normalized spacial score (nSPS) is 17.7. The number of hydrogen-bond donors (Lipinski definition) is 1. The molecule has 1 amide bonds. The molecule has 1 aromatic carbocycles. The Bertz CT molecular complexity index is 858. The number of aliphatic hydroxyl groups excluding tert-OH is 1. The number of amides is 1. The zero-order valence-electron chi connectivity index (χ0n) is 17.1. The molecule has 2 aromatic rings. The highest BCUT2D eigenvalue weighted by molar-refractivity contribution is 5.77. The van der Waals surface area contributed by atoms with E-state index in [1.807, 2.05) is 4.90 Å². The van der Waals surface area contributed by atoms with Crippen LogP contribution in [0.15, 0.2) is 37.0 Å². The number of aliphatic hydroxyl groups is 1. The van der Waals surface area contributed by atoms with E-state index in [1.54, 1.807) is 12.3 Å². The van der Waals surface area contributed by atoms with Crippen LogP contribution in [0.5, 0.6) is 0 Å². The molecule has 1 aromatic heterocycles. The van der Waals surface area contributed by atoms with Crippen LogP contribution in [0.2, 0.25) is 0 Å². The van der Waals surface area contributed by atoms with E-state index in [1.165, 1.54) is 21.4 Å². The fourth-order valence-electron chi connectivity index (χ4n) is 3.80. The molecule has 0 aliphatic carbocycles. The van der Waals surface area contributed by atoms with Crippen molar-refractivity contribution < 1.29 is 9.90 Å². The van der Waals surface area contributed by atoms with Crippen molar-refractivity contribution in [2.75, 3.05) is 19.6 Å². The number of aromatic nitrogens is 2. The second kappa shape index (κ2) is 8.61. The second-order valence-electron chi connectivity index (χ2n) is 7.66. The molecule has 0 saturated carbocycles. The summed E-state index contributed by atoms with van der Waals surface area (Å²) in [5, 5.41) is 13.5. The smallest absolute Gasteiger partial charge is 0.344 e. The van der Waals surface area contributed by atoms with Crippen LogP contribution in [-0.2, 0) is 13.0 Å². The quantitative estimate of drug-likeness (QED) is 0.798. The van der Waals surface area contributed by atoms with Gasteiger partial charge in [-0.15, -0.1) is 0 Å². The van der Waals surface area contributed by atoms with Crippen LogP contribution in [0.1, 0.15) is 42.7 Å². The van der Waals surface area contributed by atoms with Crippen molar-refractivity contribution in [3.63, 3.8) is 0 Å². The number of carbonyl (C=O) groups excluding carboxylic acids is 1. The van der Waals surface area contributed by atoms with Gasteiger partial charge in [0, 0.05) is 38.4 Å². The first-order chi connectivity index (χ1) is 13.4. The highest BCUT2D eigenvalue weighted by atomic mass is 16.3. The minimum atomic E-state index is -0.166. The van der Waals surface area contributed by atoms with E-state index in [0.29, 0.717) is 12.2 Å². The van der Waals surface area contributed by atoms with E-state index < -0.39 is 0 Å². The first kappa shape index (κ1) is 20.1. The molecule has 1 unspecified atom stereocenters. The van der Waals surface area contributed by atoms with Crippen LogP contribution >= 0.6 is 0 Å². The van der Waals surface area contributed by atoms with Crippen LogP contribution in [0, 0.1) is 6.92 Å². The number of nitrogens with zero attached hydrogens (tertiary/aromatic N) is 4. The van der Waals surface area contributed by atoms with E-state index >= 15 is 0 Å². The molecule has 1 saturated heterocycles. The van der Waals surface area contributed by atoms with Gasteiger partial charge in [-0.1, -0.05) is 38.1 Å². The van der Waals surface area contributed by atoms with E-state index in [9.17, 15) is 9.90 Å². The SMILES string of the molecule is C=C(O)c1ccn(C(=O)N2CCN(Cc3ccc(C)c(CCC)c3)CC2C)n1. The van der Waals surface area contributed by atoms with Crippen molar-refractivity contribution >= 4 is 11.8 Å². The lowest BCUT2D eigenvalue weighted by Gasteiger charge is -2.39. The van der Waals surface area contributed by atoms with Crippen LogP contribution < -0.4 is 0 Å². The Morgan fingerprint density at radius 2 is 2.11 bits per heavy atom. The maximum Gasteiger partial charge on any atom is 0.344 e. The van der Waals surface area contributed by atoms with Crippen molar-refractivity contribution in [1.29, 1.82) is 0 Å².